The molecule has 0 fully saturated rings. The zero-order chi connectivity index (χ0) is 14.1. The van der Waals surface area contributed by atoms with Gasteiger partial charge in [0, 0.05) is 37.1 Å². The van der Waals surface area contributed by atoms with E-state index in [-0.39, 0.29) is 5.82 Å². The summed E-state index contributed by atoms with van der Waals surface area (Å²) in [5, 5.41) is 5.46. The van der Waals surface area contributed by atoms with Crippen LogP contribution >= 0.6 is 0 Å². The van der Waals surface area contributed by atoms with Gasteiger partial charge in [-0.1, -0.05) is 25.3 Å². The first-order chi connectivity index (χ1) is 9.66. The minimum absolute atomic E-state index is 0.184. The van der Waals surface area contributed by atoms with Crippen LogP contribution in [0.25, 0.3) is 13.2 Å². The normalized spacial score (nSPS) is 14.2. The van der Waals surface area contributed by atoms with Crippen molar-refractivity contribution in [3.05, 3.63) is 57.5 Å². The molecule has 0 atom stereocenters. The minimum Gasteiger partial charge on any atom is -0.344 e. The average molecular weight is 270 g/mol. The summed E-state index contributed by atoms with van der Waals surface area (Å²) in [4.78, 5) is 0. The largest absolute Gasteiger partial charge is 0.344 e. The number of rotatable bonds is 3. The van der Waals surface area contributed by atoms with Gasteiger partial charge in [-0.05, 0) is 34.9 Å². The maximum Gasteiger partial charge on any atom is 0.123 e. The first-order valence-electron chi connectivity index (χ1n) is 7.00. The van der Waals surface area contributed by atoms with Crippen molar-refractivity contribution in [3.63, 3.8) is 0 Å². The molecule has 3 rings (SSSR count). The van der Waals surface area contributed by atoms with Gasteiger partial charge >= 0.3 is 0 Å². The molecule has 2 aromatic rings. The monoisotopic (exact) mass is 270 g/mol. The molecule has 1 aromatic carbocycles. The molecular weight excluding hydrogens is 251 g/mol. The predicted octanol–water partition coefficient (Wildman–Crippen LogP) is 1.34. The number of aryl methyl sites for hydroxylation is 1. The second kappa shape index (κ2) is 5.25. The van der Waals surface area contributed by atoms with Gasteiger partial charge in [-0.3, -0.25) is 0 Å². The summed E-state index contributed by atoms with van der Waals surface area (Å²) in [5.74, 6) is -0.184. The van der Waals surface area contributed by atoms with Crippen LogP contribution in [0.5, 0.6) is 0 Å². The molecule has 1 aromatic heterocycles. The lowest BCUT2D eigenvalue weighted by Gasteiger charge is -2.17. The van der Waals surface area contributed by atoms with Crippen molar-refractivity contribution in [3.8, 4) is 0 Å². The molecule has 0 aliphatic carbocycles. The van der Waals surface area contributed by atoms with E-state index < -0.39 is 0 Å². The summed E-state index contributed by atoms with van der Waals surface area (Å²) >= 11 is 0. The standard InChI is InChI=1S/C17H19FN2/c1-12-13(2)20(17-7-9-19-11-16(12)17)10-8-14-3-5-15(18)6-4-14/h3-6,19H,1-2,7-11H2. The van der Waals surface area contributed by atoms with Gasteiger partial charge in [-0.15, -0.1) is 0 Å². The Hall–Kier alpha value is -1.87. The lowest BCUT2D eigenvalue weighted by Crippen LogP contribution is -2.29. The molecule has 0 spiro atoms. The Morgan fingerprint density at radius 1 is 1.20 bits per heavy atom. The molecule has 2 heterocycles. The SMILES string of the molecule is C=c1c2c(n(CCc3ccc(F)cc3)c1=C)CCNC2. The molecule has 104 valence electrons. The highest BCUT2D eigenvalue weighted by Gasteiger charge is 2.16. The number of hydrogen-bond donors (Lipinski definition) is 1. The van der Waals surface area contributed by atoms with E-state index in [1.807, 2.05) is 12.1 Å². The number of nitrogens with one attached hydrogen (secondary N) is 1. The molecule has 1 aliphatic heterocycles. The highest BCUT2D eigenvalue weighted by Crippen LogP contribution is 2.10. The fourth-order valence-electron chi connectivity index (χ4n) is 2.91. The van der Waals surface area contributed by atoms with Crippen molar-refractivity contribution >= 4 is 13.2 Å². The van der Waals surface area contributed by atoms with Crippen LogP contribution in [0.3, 0.4) is 0 Å². The fraction of sp³-hybridized carbons (Fsp3) is 0.294. The number of nitrogens with zero attached hydrogens (tertiary/aromatic N) is 1. The molecule has 0 radical (unpaired) electrons. The van der Waals surface area contributed by atoms with Crippen LogP contribution in [0.15, 0.2) is 24.3 Å². The van der Waals surface area contributed by atoms with E-state index in [0.29, 0.717) is 0 Å². The lowest BCUT2D eigenvalue weighted by molar-refractivity contribution is 0.581. The lowest BCUT2D eigenvalue weighted by atomic mass is 10.1. The third-order valence-corrected chi connectivity index (χ3v) is 4.09. The smallest absolute Gasteiger partial charge is 0.123 e. The molecule has 1 N–H and O–H groups in total. The zero-order valence-corrected chi connectivity index (χ0v) is 11.6. The van der Waals surface area contributed by atoms with Crippen molar-refractivity contribution in [2.75, 3.05) is 6.54 Å². The summed E-state index contributed by atoms with van der Waals surface area (Å²) in [7, 11) is 0. The van der Waals surface area contributed by atoms with E-state index in [1.165, 1.54) is 23.4 Å². The van der Waals surface area contributed by atoms with Crippen LogP contribution < -0.4 is 15.9 Å². The van der Waals surface area contributed by atoms with E-state index >= 15 is 0 Å². The Morgan fingerprint density at radius 3 is 2.70 bits per heavy atom. The number of aromatic nitrogens is 1. The van der Waals surface area contributed by atoms with E-state index in [4.69, 9.17) is 0 Å². The highest BCUT2D eigenvalue weighted by atomic mass is 19.1. The van der Waals surface area contributed by atoms with Gasteiger partial charge in [0.2, 0.25) is 0 Å². The van der Waals surface area contributed by atoms with E-state index in [1.54, 1.807) is 0 Å². The number of fused-ring (bicyclic) bond motifs is 1. The molecule has 20 heavy (non-hydrogen) atoms. The van der Waals surface area contributed by atoms with Gasteiger partial charge in [-0.25, -0.2) is 4.39 Å². The Bertz CT molecular complexity index is 713. The zero-order valence-electron chi connectivity index (χ0n) is 11.6. The summed E-state index contributed by atoms with van der Waals surface area (Å²) in [5.41, 5.74) is 3.81. The third kappa shape index (κ3) is 2.29. The third-order valence-electron chi connectivity index (χ3n) is 4.09. The van der Waals surface area contributed by atoms with Crippen LogP contribution in [-0.2, 0) is 25.9 Å². The summed E-state index contributed by atoms with van der Waals surface area (Å²) < 4.78 is 15.2. The molecule has 0 unspecified atom stereocenters. The van der Waals surface area contributed by atoms with Gasteiger partial charge < -0.3 is 9.88 Å². The molecular formula is C17H19FN2. The van der Waals surface area contributed by atoms with E-state index in [9.17, 15) is 4.39 Å². The van der Waals surface area contributed by atoms with Gasteiger partial charge in [-0.2, -0.15) is 0 Å². The van der Waals surface area contributed by atoms with Crippen LogP contribution in [0.4, 0.5) is 4.39 Å². The Kier molecular flexibility index (Phi) is 3.45. The molecule has 3 heteroatoms. The number of halogens is 1. The highest BCUT2D eigenvalue weighted by molar-refractivity contribution is 5.31. The van der Waals surface area contributed by atoms with Crippen molar-refractivity contribution in [2.45, 2.75) is 25.9 Å². The summed E-state index contributed by atoms with van der Waals surface area (Å²) in [6.07, 6.45) is 1.91. The van der Waals surface area contributed by atoms with Crippen LogP contribution in [0, 0.1) is 5.82 Å². The summed E-state index contributed by atoms with van der Waals surface area (Å²) in [6, 6.07) is 6.73. The van der Waals surface area contributed by atoms with Crippen LogP contribution in [-0.4, -0.2) is 11.1 Å². The Morgan fingerprint density at radius 2 is 1.95 bits per heavy atom. The number of benzene rings is 1. The van der Waals surface area contributed by atoms with E-state index in [2.05, 4.69) is 23.0 Å². The van der Waals surface area contributed by atoms with Crippen LogP contribution in [0.2, 0.25) is 0 Å². The molecule has 1 aliphatic rings. The molecule has 0 saturated carbocycles. The average Bonchev–Trinajstić information content (AvgIpc) is 2.71. The first-order valence-corrected chi connectivity index (χ1v) is 7.00. The molecule has 0 saturated heterocycles. The maximum atomic E-state index is 12.9. The van der Waals surface area contributed by atoms with Crippen molar-refractivity contribution in [1.29, 1.82) is 0 Å². The Labute approximate surface area is 118 Å². The first kappa shape index (κ1) is 13.1. The molecule has 0 bridgehead atoms. The van der Waals surface area contributed by atoms with Crippen molar-refractivity contribution in [1.82, 2.24) is 9.88 Å². The van der Waals surface area contributed by atoms with Gasteiger partial charge in [0.15, 0.2) is 0 Å². The number of hydrogen-bond acceptors (Lipinski definition) is 1. The fourth-order valence-corrected chi connectivity index (χ4v) is 2.91. The maximum absolute atomic E-state index is 12.9. The van der Waals surface area contributed by atoms with Gasteiger partial charge in [0.25, 0.3) is 0 Å². The van der Waals surface area contributed by atoms with Gasteiger partial charge in [0.1, 0.15) is 5.82 Å². The van der Waals surface area contributed by atoms with Crippen molar-refractivity contribution in [2.24, 2.45) is 0 Å². The molecule has 0 amide bonds. The topological polar surface area (TPSA) is 17.0 Å². The second-order valence-electron chi connectivity index (χ2n) is 5.31. The quantitative estimate of drug-likeness (QED) is 0.890. The summed E-state index contributed by atoms with van der Waals surface area (Å²) in [6.45, 7) is 11.1. The molecule has 2 nitrogen and oxygen atoms in total. The van der Waals surface area contributed by atoms with Crippen molar-refractivity contribution < 1.29 is 4.39 Å². The van der Waals surface area contributed by atoms with Gasteiger partial charge in [0.05, 0.1) is 0 Å². The van der Waals surface area contributed by atoms with E-state index in [0.717, 1.165) is 48.6 Å². The Balaban J connectivity index is 1.86. The predicted molar refractivity (Wildman–Crippen MR) is 80.2 cm³/mol. The second-order valence-corrected chi connectivity index (χ2v) is 5.31. The van der Waals surface area contributed by atoms with Crippen LogP contribution in [0.1, 0.15) is 16.8 Å². The minimum atomic E-state index is -0.184.